The van der Waals surface area contributed by atoms with Gasteiger partial charge in [-0.25, -0.2) is 4.79 Å². The molecular formula is C20H20N2O4. The molecule has 134 valence electrons. The highest BCUT2D eigenvalue weighted by Crippen LogP contribution is 2.35. The summed E-state index contributed by atoms with van der Waals surface area (Å²) in [6, 6.07) is 14.8. The number of esters is 1. The minimum atomic E-state index is -0.979. The summed E-state index contributed by atoms with van der Waals surface area (Å²) >= 11 is 0. The number of hydrogen-bond acceptors (Lipinski definition) is 4. The third-order valence-electron chi connectivity index (χ3n) is 4.09. The van der Waals surface area contributed by atoms with Crippen LogP contribution in [-0.4, -0.2) is 23.8 Å². The van der Waals surface area contributed by atoms with E-state index >= 15 is 0 Å². The number of benzene rings is 2. The van der Waals surface area contributed by atoms with E-state index in [1.807, 2.05) is 13.0 Å². The lowest BCUT2D eigenvalue weighted by Crippen LogP contribution is -2.51. The van der Waals surface area contributed by atoms with E-state index in [-0.39, 0.29) is 18.2 Å². The van der Waals surface area contributed by atoms with Crippen molar-refractivity contribution < 1.29 is 19.1 Å². The minimum absolute atomic E-state index is 0.169. The standard InChI is InChI=1S/C20H20N2O4/c1-2-8-19(24)22-15-11-6-7-12-17(15)26-20(25)16(22)13-18(23)21-14-9-4-3-5-10-14/h3-7,9-12,16H,2,8,13H2,1H3,(H,21,23)/t16-/m1/s1. The summed E-state index contributed by atoms with van der Waals surface area (Å²) in [7, 11) is 0. The summed E-state index contributed by atoms with van der Waals surface area (Å²) in [5.41, 5.74) is 1.15. The molecule has 6 heteroatoms. The Morgan fingerprint density at radius 3 is 2.50 bits per heavy atom. The molecule has 6 nitrogen and oxygen atoms in total. The van der Waals surface area contributed by atoms with Gasteiger partial charge in [0, 0.05) is 12.1 Å². The monoisotopic (exact) mass is 352 g/mol. The second-order valence-electron chi connectivity index (χ2n) is 6.04. The van der Waals surface area contributed by atoms with Gasteiger partial charge in [0.2, 0.25) is 11.8 Å². The number of carbonyl (C=O) groups is 3. The zero-order valence-corrected chi connectivity index (χ0v) is 14.5. The summed E-state index contributed by atoms with van der Waals surface area (Å²) in [6.45, 7) is 1.89. The molecule has 1 N–H and O–H groups in total. The fraction of sp³-hybridized carbons (Fsp3) is 0.250. The number of rotatable bonds is 5. The minimum Gasteiger partial charge on any atom is -0.423 e. The number of amides is 2. The Bertz CT molecular complexity index is 820. The molecule has 0 bridgehead atoms. The van der Waals surface area contributed by atoms with Gasteiger partial charge >= 0.3 is 5.97 Å². The Balaban J connectivity index is 1.84. The molecule has 0 aromatic heterocycles. The van der Waals surface area contributed by atoms with E-state index in [1.54, 1.807) is 48.5 Å². The topological polar surface area (TPSA) is 75.7 Å². The van der Waals surface area contributed by atoms with Crippen molar-refractivity contribution in [2.24, 2.45) is 0 Å². The Morgan fingerprint density at radius 2 is 1.77 bits per heavy atom. The second kappa shape index (κ2) is 7.82. The number of fused-ring (bicyclic) bond motifs is 1. The predicted molar refractivity (Wildman–Crippen MR) is 97.9 cm³/mol. The van der Waals surface area contributed by atoms with Crippen molar-refractivity contribution in [1.82, 2.24) is 0 Å². The van der Waals surface area contributed by atoms with Crippen LogP contribution < -0.4 is 15.0 Å². The van der Waals surface area contributed by atoms with Crippen LogP contribution in [0, 0.1) is 0 Å². The van der Waals surface area contributed by atoms with E-state index in [1.165, 1.54) is 4.90 Å². The van der Waals surface area contributed by atoms with E-state index in [0.717, 1.165) is 0 Å². The van der Waals surface area contributed by atoms with Crippen molar-refractivity contribution in [3.05, 3.63) is 54.6 Å². The molecule has 26 heavy (non-hydrogen) atoms. The summed E-state index contributed by atoms with van der Waals surface area (Å²) in [4.78, 5) is 38.9. The summed E-state index contributed by atoms with van der Waals surface area (Å²) in [5.74, 6) is -0.820. The lowest BCUT2D eigenvalue weighted by atomic mass is 10.1. The molecule has 1 aliphatic rings. The highest BCUT2D eigenvalue weighted by Gasteiger charge is 2.39. The van der Waals surface area contributed by atoms with Crippen LogP contribution in [0.5, 0.6) is 5.75 Å². The van der Waals surface area contributed by atoms with Crippen molar-refractivity contribution in [2.75, 3.05) is 10.2 Å². The third-order valence-corrected chi connectivity index (χ3v) is 4.09. The number of ether oxygens (including phenoxy) is 1. The fourth-order valence-electron chi connectivity index (χ4n) is 2.92. The first-order valence-electron chi connectivity index (χ1n) is 8.58. The first-order chi connectivity index (χ1) is 12.6. The van der Waals surface area contributed by atoms with Gasteiger partial charge in [-0.3, -0.25) is 14.5 Å². The quantitative estimate of drug-likeness (QED) is 0.663. The van der Waals surface area contributed by atoms with Gasteiger partial charge < -0.3 is 10.1 Å². The largest absolute Gasteiger partial charge is 0.423 e. The van der Waals surface area contributed by atoms with E-state index in [2.05, 4.69) is 5.32 Å². The van der Waals surface area contributed by atoms with Crippen molar-refractivity contribution in [2.45, 2.75) is 32.2 Å². The van der Waals surface area contributed by atoms with Crippen molar-refractivity contribution in [1.29, 1.82) is 0 Å². The molecule has 2 amide bonds. The van der Waals surface area contributed by atoms with Crippen LogP contribution in [0.3, 0.4) is 0 Å². The smallest absolute Gasteiger partial charge is 0.335 e. The van der Waals surface area contributed by atoms with E-state index in [9.17, 15) is 14.4 Å². The van der Waals surface area contributed by atoms with E-state index in [4.69, 9.17) is 4.74 Å². The van der Waals surface area contributed by atoms with Gasteiger partial charge in [-0.1, -0.05) is 37.3 Å². The molecule has 2 aromatic carbocycles. The molecule has 1 atom stereocenters. The second-order valence-corrected chi connectivity index (χ2v) is 6.04. The molecule has 0 aliphatic carbocycles. The average molecular weight is 352 g/mol. The van der Waals surface area contributed by atoms with Gasteiger partial charge in [-0.15, -0.1) is 0 Å². The van der Waals surface area contributed by atoms with Gasteiger partial charge in [-0.2, -0.15) is 0 Å². The summed E-state index contributed by atoms with van der Waals surface area (Å²) in [6.07, 6.45) is 0.769. The Labute approximate surface area is 151 Å². The molecule has 0 radical (unpaired) electrons. The van der Waals surface area contributed by atoms with Gasteiger partial charge in [0.05, 0.1) is 12.1 Å². The number of hydrogen-bond donors (Lipinski definition) is 1. The first-order valence-corrected chi connectivity index (χ1v) is 8.58. The summed E-state index contributed by atoms with van der Waals surface area (Å²) < 4.78 is 5.34. The lowest BCUT2D eigenvalue weighted by Gasteiger charge is -2.35. The number of anilines is 2. The average Bonchev–Trinajstić information content (AvgIpc) is 2.63. The van der Waals surface area contributed by atoms with Crippen molar-refractivity contribution in [3.8, 4) is 5.75 Å². The van der Waals surface area contributed by atoms with Gasteiger partial charge in [-0.05, 0) is 30.7 Å². The predicted octanol–water partition coefficient (Wildman–Crippen LogP) is 3.14. The molecule has 2 aromatic rings. The van der Waals surface area contributed by atoms with Crippen LogP contribution in [0.4, 0.5) is 11.4 Å². The van der Waals surface area contributed by atoms with E-state index < -0.39 is 12.0 Å². The Kier molecular flexibility index (Phi) is 5.31. The molecule has 0 unspecified atom stereocenters. The van der Waals surface area contributed by atoms with Crippen LogP contribution >= 0.6 is 0 Å². The van der Waals surface area contributed by atoms with Crippen LogP contribution in [0.15, 0.2) is 54.6 Å². The summed E-state index contributed by atoms with van der Waals surface area (Å²) in [5, 5.41) is 2.74. The maximum Gasteiger partial charge on any atom is 0.335 e. The number of carbonyl (C=O) groups excluding carboxylic acids is 3. The Morgan fingerprint density at radius 1 is 1.08 bits per heavy atom. The third kappa shape index (κ3) is 3.74. The molecular weight excluding hydrogens is 332 g/mol. The maximum atomic E-state index is 12.6. The molecule has 0 saturated carbocycles. The van der Waals surface area contributed by atoms with Crippen LogP contribution in [0.25, 0.3) is 0 Å². The molecule has 1 aliphatic heterocycles. The maximum absolute atomic E-state index is 12.6. The van der Waals surface area contributed by atoms with Crippen LogP contribution in [0.2, 0.25) is 0 Å². The van der Waals surface area contributed by atoms with Crippen LogP contribution in [0.1, 0.15) is 26.2 Å². The number of nitrogens with one attached hydrogen (secondary N) is 1. The molecule has 3 rings (SSSR count). The van der Waals surface area contributed by atoms with Crippen molar-refractivity contribution in [3.63, 3.8) is 0 Å². The SMILES string of the molecule is CCCC(=O)N1c2ccccc2OC(=O)[C@H]1CC(=O)Nc1ccccc1. The van der Waals surface area contributed by atoms with Crippen molar-refractivity contribution >= 4 is 29.2 Å². The highest BCUT2D eigenvalue weighted by atomic mass is 16.5. The normalized spacial score (nSPS) is 15.8. The lowest BCUT2D eigenvalue weighted by molar-refractivity contribution is -0.140. The molecule has 1 heterocycles. The van der Waals surface area contributed by atoms with Gasteiger partial charge in [0.15, 0.2) is 5.75 Å². The molecule has 0 saturated heterocycles. The van der Waals surface area contributed by atoms with Crippen LogP contribution in [-0.2, 0) is 14.4 Å². The number of nitrogens with zero attached hydrogens (tertiary/aromatic N) is 1. The Hall–Kier alpha value is -3.15. The first kappa shape index (κ1) is 17.7. The zero-order chi connectivity index (χ0) is 18.5. The van der Waals surface area contributed by atoms with Gasteiger partial charge in [0.25, 0.3) is 0 Å². The molecule has 0 fully saturated rings. The van der Waals surface area contributed by atoms with E-state index in [0.29, 0.717) is 30.0 Å². The highest BCUT2D eigenvalue weighted by molar-refractivity contribution is 6.06. The molecule has 0 spiro atoms. The zero-order valence-electron chi connectivity index (χ0n) is 14.5. The number of para-hydroxylation sites is 3. The fourth-order valence-corrected chi connectivity index (χ4v) is 2.92. The van der Waals surface area contributed by atoms with Gasteiger partial charge in [0.1, 0.15) is 6.04 Å².